The van der Waals surface area contributed by atoms with Crippen molar-refractivity contribution >= 4 is 15.7 Å². The molecule has 22 heavy (non-hydrogen) atoms. The topological polar surface area (TPSA) is 72.3 Å². The molecule has 1 heterocycles. The minimum absolute atomic E-state index is 0.0381. The number of sulfone groups is 1. The third-order valence-corrected chi connectivity index (χ3v) is 5.14. The molecule has 0 aliphatic heterocycles. The van der Waals surface area contributed by atoms with E-state index in [4.69, 9.17) is 0 Å². The van der Waals surface area contributed by atoms with Crippen molar-refractivity contribution in [1.82, 2.24) is 14.7 Å². The largest absolute Gasteiger partial charge is 0.337 e. The normalized spacial score (nSPS) is 11.4. The number of aryl methyl sites for hydroxylation is 1. The van der Waals surface area contributed by atoms with Gasteiger partial charge in [-0.25, -0.2) is 8.42 Å². The maximum Gasteiger partial charge on any atom is 0.255 e. The van der Waals surface area contributed by atoms with E-state index >= 15 is 0 Å². The molecule has 0 saturated heterocycles. The summed E-state index contributed by atoms with van der Waals surface area (Å²) in [6.07, 6.45) is 3.50. The second-order valence-corrected chi connectivity index (χ2v) is 7.33. The second kappa shape index (κ2) is 6.31. The first-order valence-corrected chi connectivity index (χ1v) is 8.55. The number of nitrogens with zero attached hydrogens (tertiary/aromatic N) is 3. The lowest BCUT2D eigenvalue weighted by Crippen LogP contribution is -2.27. The zero-order chi connectivity index (χ0) is 16.3. The maximum absolute atomic E-state index is 12.6. The van der Waals surface area contributed by atoms with Crippen LogP contribution in [0.4, 0.5) is 0 Å². The van der Waals surface area contributed by atoms with Crippen molar-refractivity contribution in [3.8, 4) is 0 Å². The summed E-state index contributed by atoms with van der Waals surface area (Å²) in [5.41, 5.74) is 1.09. The third-order valence-electron chi connectivity index (χ3n) is 3.36. The lowest BCUT2D eigenvalue weighted by atomic mass is 10.2. The van der Waals surface area contributed by atoms with Gasteiger partial charge in [-0.15, -0.1) is 0 Å². The number of hydrogen-bond donors (Lipinski definition) is 0. The van der Waals surface area contributed by atoms with Crippen molar-refractivity contribution in [3.05, 3.63) is 47.8 Å². The number of rotatable bonds is 5. The highest BCUT2D eigenvalue weighted by Gasteiger charge is 2.22. The average Bonchev–Trinajstić information content (AvgIpc) is 2.91. The van der Waals surface area contributed by atoms with Crippen LogP contribution in [0.5, 0.6) is 0 Å². The van der Waals surface area contributed by atoms with Crippen molar-refractivity contribution in [2.45, 2.75) is 18.4 Å². The van der Waals surface area contributed by atoms with E-state index in [1.165, 1.54) is 11.0 Å². The fourth-order valence-electron chi connectivity index (χ4n) is 2.17. The van der Waals surface area contributed by atoms with Gasteiger partial charge >= 0.3 is 0 Å². The van der Waals surface area contributed by atoms with Gasteiger partial charge in [0.2, 0.25) is 0 Å². The fraction of sp³-hybridized carbons (Fsp3) is 0.333. The smallest absolute Gasteiger partial charge is 0.255 e. The summed E-state index contributed by atoms with van der Waals surface area (Å²) in [5, 5.41) is 4.05. The Kier molecular flexibility index (Phi) is 4.65. The Morgan fingerprint density at radius 2 is 2.00 bits per heavy atom. The molecule has 0 atom stereocenters. The molecule has 1 aromatic heterocycles. The summed E-state index contributed by atoms with van der Waals surface area (Å²) in [7, 11) is 0.00349. The Labute approximate surface area is 130 Å². The van der Waals surface area contributed by atoms with Gasteiger partial charge in [0.05, 0.1) is 22.4 Å². The van der Waals surface area contributed by atoms with Crippen molar-refractivity contribution in [2.75, 3.05) is 12.8 Å². The minimum Gasteiger partial charge on any atom is -0.337 e. The number of hydrogen-bond acceptors (Lipinski definition) is 4. The Balaban J connectivity index is 2.30. The van der Waals surface area contributed by atoms with Crippen molar-refractivity contribution in [2.24, 2.45) is 7.05 Å². The van der Waals surface area contributed by atoms with Crippen LogP contribution in [0, 0.1) is 0 Å². The van der Waals surface area contributed by atoms with Crippen LogP contribution in [0.2, 0.25) is 0 Å². The lowest BCUT2D eigenvalue weighted by Gasteiger charge is -2.18. The molecule has 2 rings (SSSR count). The molecule has 7 heteroatoms. The number of carbonyl (C=O) groups excluding carboxylic acids is 1. The quantitative estimate of drug-likeness (QED) is 0.836. The van der Waals surface area contributed by atoms with Gasteiger partial charge in [0.25, 0.3) is 5.91 Å². The van der Waals surface area contributed by atoms with Crippen LogP contribution in [-0.4, -0.2) is 41.8 Å². The molecule has 1 aromatic carbocycles. The fourth-order valence-corrected chi connectivity index (χ4v) is 3.26. The van der Waals surface area contributed by atoms with Gasteiger partial charge in [-0.2, -0.15) is 5.10 Å². The van der Waals surface area contributed by atoms with E-state index in [0.29, 0.717) is 6.54 Å². The molecule has 2 aromatic rings. The van der Waals surface area contributed by atoms with E-state index in [1.807, 2.05) is 6.20 Å². The van der Waals surface area contributed by atoms with Gasteiger partial charge in [-0.3, -0.25) is 9.48 Å². The van der Waals surface area contributed by atoms with E-state index < -0.39 is 9.84 Å². The van der Waals surface area contributed by atoms with Gasteiger partial charge in [-0.1, -0.05) is 19.1 Å². The Bertz CT molecular complexity index is 781. The third kappa shape index (κ3) is 3.36. The molecule has 0 radical (unpaired) electrons. The van der Waals surface area contributed by atoms with Crippen LogP contribution in [0.3, 0.4) is 0 Å². The van der Waals surface area contributed by atoms with Gasteiger partial charge in [0, 0.05) is 32.4 Å². The molecule has 118 valence electrons. The highest BCUT2D eigenvalue weighted by molar-refractivity contribution is 7.91. The summed E-state index contributed by atoms with van der Waals surface area (Å²) >= 11 is 0. The molecular formula is C15H19N3O3S. The molecule has 0 N–H and O–H groups in total. The summed E-state index contributed by atoms with van der Waals surface area (Å²) in [6.45, 7) is 1.93. The van der Waals surface area contributed by atoms with Crippen LogP contribution in [0.25, 0.3) is 0 Å². The Morgan fingerprint density at radius 1 is 1.32 bits per heavy atom. The molecule has 0 spiro atoms. The second-order valence-electron chi connectivity index (χ2n) is 5.08. The predicted molar refractivity (Wildman–Crippen MR) is 83.2 cm³/mol. The van der Waals surface area contributed by atoms with E-state index in [2.05, 4.69) is 5.10 Å². The van der Waals surface area contributed by atoms with Crippen LogP contribution in [0.1, 0.15) is 22.8 Å². The van der Waals surface area contributed by atoms with Crippen molar-refractivity contribution in [3.63, 3.8) is 0 Å². The predicted octanol–water partition coefficient (Wildman–Crippen LogP) is 1.49. The van der Waals surface area contributed by atoms with Crippen molar-refractivity contribution in [1.29, 1.82) is 0 Å². The SMILES string of the molecule is CCS(=O)(=O)c1ccccc1C(=O)N(C)Cc1cnn(C)c1. The standard InChI is InChI=1S/C15H19N3O3S/c1-4-22(20,21)14-8-6-5-7-13(14)15(19)17(2)10-12-9-16-18(3)11-12/h5-9,11H,4,10H2,1-3H3. The van der Waals surface area contributed by atoms with Gasteiger partial charge in [-0.05, 0) is 12.1 Å². The lowest BCUT2D eigenvalue weighted by molar-refractivity contribution is 0.0781. The molecule has 0 saturated carbocycles. The van der Waals surface area contributed by atoms with E-state index in [-0.39, 0.29) is 22.1 Å². The Hall–Kier alpha value is -2.15. The summed E-state index contributed by atoms with van der Waals surface area (Å²) in [4.78, 5) is 14.1. The Morgan fingerprint density at radius 3 is 2.59 bits per heavy atom. The van der Waals surface area contributed by atoms with Crippen LogP contribution in [0.15, 0.2) is 41.6 Å². The van der Waals surface area contributed by atoms with Crippen molar-refractivity contribution < 1.29 is 13.2 Å². The van der Waals surface area contributed by atoms with Crippen LogP contribution >= 0.6 is 0 Å². The zero-order valence-electron chi connectivity index (χ0n) is 12.9. The summed E-state index contributed by atoms with van der Waals surface area (Å²) in [5.74, 6) is -0.361. The van der Waals surface area contributed by atoms with E-state index in [0.717, 1.165) is 5.56 Å². The summed E-state index contributed by atoms with van der Waals surface area (Å²) in [6, 6.07) is 6.31. The van der Waals surface area contributed by atoms with Crippen LogP contribution in [-0.2, 0) is 23.4 Å². The molecule has 0 bridgehead atoms. The van der Waals surface area contributed by atoms with Crippen LogP contribution < -0.4 is 0 Å². The highest BCUT2D eigenvalue weighted by Crippen LogP contribution is 2.19. The highest BCUT2D eigenvalue weighted by atomic mass is 32.2. The van der Waals surface area contributed by atoms with E-state index in [1.54, 1.807) is 50.1 Å². The van der Waals surface area contributed by atoms with Gasteiger partial charge in [0.15, 0.2) is 9.84 Å². The molecule has 0 fully saturated rings. The minimum atomic E-state index is -3.44. The maximum atomic E-state index is 12.6. The molecule has 6 nitrogen and oxygen atoms in total. The number of aromatic nitrogens is 2. The van der Waals surface area contributed by atoms with E-state index in [9.17, 15) is 13.2 Å². The van der Waals surface area contributed by atoms with Gasteiger partial charge in [0.1, 0.15) is 0 Å². The molecular weight excluding hydrogens is 302 g/mol. The number of benzene rings is 1. The first kappa shape index (κ1) is 16.2. The molecule has 0 aliphatic carbocycles. The van der Waals surface area contributed by atoms with Gasteiger partial charge < -0.3 is 4.90 Å². The molecule has 1 amide bonds. The first-order chi connectivity index (χ1) is 10.3. The molecule has 0 aliphatic rings. The number of amides is 1. The first-order valence-electron chi connectivity index (χ1n) is 6.90. The monoisotopic (exact) mass is 321 g/mol. The molecule has 0 unspecified atom stereocenters. The summed E-state index contributed by atoms with van der Waals surface area (Å²) < 4.78 is 25.9. The number of carbonyl (C=O) groups is 1. The average molecular weight is 321 g/mol. The zero-order valence-corrected chi connectivity index (χ0v) is 13.7.